The Morgan fingerprint density at radius 1 is 0.564 bits per heavy atom. The van der Waals surface area contributed by atoms with Crippen molar-refractivity contribution in [1.29, 1.82) is 0 Å². The highest BCUT2D eigenvalue weighted by Gasteiger charge is 2.61. The lowest BCUT2D eigenvalue weighted by atomic mass is 9.33. The second-order valence-corrected chi connectivity index (χ2v) is 16.4. The molecule has 4 aliphatic rings. The Bertz CT molecular complexity index is 2810. The van der Waals surface area contributed by atoms with Crippen LogP contribution in [0, 0.1) is 0 Å². The number of hydrogen-bond donors (Lipinski definition) is 0. The molecule has 0 radical (unpaired) electrons. The van der Waals surface area contributed by atoms with Crippen LogP contribution in [0.2, 0.25) is 0 Å². The summed E-state index contributed by atoms with van der Waals surface area (Å²) in [5.41, 5.74) is 17.4. The van der Waals surface area contributed by atoms with Gasteiger partial charge in [-0.2, -0.15) is 0 Å². The Labute approximate surface area is 322 Å². The highest BCUT2D eigenvalue weighted by Crippen LogP contribution is 2.61. The first-order valence-electron chi connectivity index (χ1n) is 19.9. The van der Waals surface area contributed by atoms with Gasteiger partial charge < -0.3 is 19.1 Å². The molecule has 1 fully saturated rings. The van der Waals surface area contributed by atoms with E-state index >= 15 is 0 Å². The normalized spacial score (nSPS) is 20.3. The van der Waals surface area contributed by atoms with E-state index in [2.05, 4.69) is 186 Å². The zero-order valence-corrected chi connectivity index (χ0v) is 31.2. The maximum atomic E-state index is 6.36. The average Bonchev–Trinajstić information content (AvgIpc) is 3.70. The third-order valence-electron chi connectivity index (χ3n) is 13.8. The fraction of sp³-hybridized carbons (Fsp3) is 0.160. The predicted octanol–water partition coefficient (Wildman–Crippen LogP) is 11.4. The first-order valence-corrected chi connectivity index (χ1v) is 19.9. The second kappa shape index (κ2) is 11.2. The van der Waals surface area contributed by atoms with Gasteiger partial charge in [0.1, 0.15) is 11.2 Å². The van der Waals surface area contributed by atoms with E-state index in [0.717, 1.165) is 44.7 Å². The van der Waals surface area contributed by atoms with Crippen molar-refractivity contribution in [3.63, 3.8) is 0 Å². The fourth-order valence-corrected chi connectivity index (χ4v) is 11.1. The van der Waals surface area contributed by atoms with Gasteiger partial charge in [-0.1, -0.05) is 105 Å². The molecule has 4 heterocycles. The van der Waals surface area contributed by atoms with Gasteiger partial charge in [-0.3, -0.25) is 0 Å². The summed E-state index contributed by atoms with van der Waals surface area (Å²) >= 11 is 0. The number of rotatable bonds is 4. The lowest BCUT2D eigenvalue weighted by Gasteiger charge is -2.52. The molecule has 0 saturated heterocycles. The van der Waals surface area contributed by atoms with Crippen LogP contribution in [0.5, 0.6) is 0 Å². The highest BCUT2D eigenvalue weighted by atomic mass is 16.3. The zero-order valence-electron chi connectivity index (χ0n) is 31.2. The minimum Gasteiger partial charge on any atom is -0.456 e. The van der Waals surface area contributed by atoms with Crippen LogP contribution >= 0.6 is 0 Å². The van der Waals surface area contributed by atoms with Crippen molar-refractivity contribution in [1.82, 2.24) is 0 Å². The number of nitrogens with zero attached hydrogens (tertiary/aromatic N) is 3. The summed E-state index contributed by atoms with van der Waals surface area (Å²) in [7, 11) is 0. The van der Waals surface area contributed by atoms with E-state index in [1.54, 1.807) is 0 Å². The molecular weight excluding hydrogens is 669 g/mol. The number of para-hydroxylation sites is 4. The van der Waals surface area contributed by atoms with Crippen molar-refractivity contribution < 1.29 is 4.42 Å². The Hall–Kier alpha value is -6.20. The maximum absolute atomic E-state index is 6.36. The van der Waals surface area contributed by atoms with Gasteiger partial charge in [-0.05, 0) is 115 Å². The third kappa shape index (κ3) is 4.08. The molecule has 4 nitrogen and oxygen atoms in total. The van der Waals surface area contributed by atoms with Gasteiger partial charge in [0.2, 0.25) is 0 Å². The molecule has 3 aliphatic heterocycles. The van der Waals surface area contributed by atoms with Crippen LogP contribution < -0.4 is 31.1 Å². The number of anilines is 8. The summed E-state index contributed by atoms with van der Waals surface area (Å²) in [6.07, 6.45) is 4.95. The topological polar surface area (TPSA) is 22.9 Å². The second-order valence-electron chi connectivity index (χ2n) is 16.4. The molecule has 55 heavy (non-hydrogen) atoms. The summed E-state index contributed by atoms with van der Waals surface area (Å²) in [5, 5.41) is 2.27. The molecule has 0 spiro atoms. The monoisotopic (exact) mass is 709 g/mol. The van der Waals surface area contributed by atoms with Crippen LogP contribution in [-0.2, 0) is 5.41 Å². The first-order chi connectivity index (χ1) is 27.0. The number of furan rings is 1. The van der Waals surface area contributed by atoms with E-state index in [1.165, 1.54) is 70.4 Å². The summed E-state index contributed by atoms with van der Waals surface area (Å²) in [6, 6.07) is 58.1. The molecule has 7 aromatic carbocycles. The van der Waals surface area contributed by atoms with Gasteiger partial charge in [0.25, 0.3) is 6.71 Å². The molecule has 0 bridgehead atoms. The molecule has 8 aromatic rings. The Morgan fingerprint density at radius 2 is 1.27 bits per heavy atom. The molecule has 1 saturated carbocycles. The van der Waals surface area contributed by atoms with E-state index in [1.807, 2.05) is 0 Å². The van der Waals surface area contributed by atoms with Crippen molar-refractivity contribution >= 4 is 90.5 Å². The van der Waals surface area contributed by atoms with Crippen LogP contribution in [-0.4, -0.2) is 12.3 Å². The molecule has 5 heteroatoms. The minimum absolute atomic E-state index is 0.000762. The Kier molecular flexibility index (Phi) is 6.34. The predicted molar refractivity (Wildman–Crippen MR) is 231 cm³/mol. The lowest BCUT2D eigenvalue weighted by Crippen LogP contribution is -2.64. The largest absolute Gasteiger partial charge is 0.456 e. The van der Waals surface area contributed by atoms with Crippen LogP contribution in [0.25, 0.3) is 21.9 Å². The van der Waals surface area contributed by atoms with Gasteiger partial charge in [0, 0.05) is 61.7 Å². The van der Waals surface area contributed by atoms with Crippen LogP contribution in [0.3, 0.4) is 0 Å². The smallest absolute Gasteiger partial charge is 0.252 e. The summed E-state index contributed by atoms with van der Waals surface area (Å²) in [6.45, 7) is 5.21. The van der Waals surface area contributed by atoms with E-state index in [9.17, 15) is 0 Å². The number of benzene rings is 7. The van der Waals surface area contributed by atoms with Gasteiger partial charge in [-0.25, -0.2) is 0 Å². The van der Waals surface area contributed by atoms with Crippen LogP contribution in [0.1, 0.15) is 45.1 Å². The molecule has 2 atom stereocenters. The zero-order chi connectivity index (χ0) is 36.5. The van der Waals surface area contributed by atoms with Gasteiger partial charge in [0.05, 0.1) is 5.54 Å². The summed E-state index contributed by atoms with van der Waals surface area (Å²) < 4.78 is 6.36. The van der Waals surface area contributed by atoms with Crippen molar-refractivity contribution in [3.05, 3.63) is 163 Å². The van der Waals surface area contributed by atoms with E-state index in [-0.39, 0.29) is 17.7 Å². The number of fused-ring (bicyclic) bond motifs is 10. The molecule has 12 rings (SSSR count). The SMILES string of the molecule is CC12CCCCC1(C)N1c3cccc4c3B(c3ccc(N(c5ccccc5)c5ccccc5)cc3N4c3ccc4oc5ccccc5c4c3)c3cccc2c31. The van der Waals surface area contributed by atoms with E-state index < -0.39 is 0 Å². The van der Waals surface area contributed by atoms with Crippen molar-refractivity contribution in [2.24, 2.45) is 0 Å². The standard InChI is InChI=1S/C50H40BN3O/c1-49-29-11-12-30-50(49,2)54-43-23-14-22-42-47(43)51(41-21-13-20-39(49)48(41)54)40-27-25-36(52(33-15-5-3-6-16-33)34-17-7-4-8-18-34)32-44(40)53(42)35-26-28-46-38(31-35)37-19-9-10-24-45(37)55-46/h3-10,13-28,31-32H,11-12,29-30H2,1-2H3. The molecule has 1 aromatic heterocycles. The Morgan fingerprint density at radius 3 is 2.09 bits per heavy atom. The van der Waals surface area contributed by atoms with Gasteiger partial charge in [-0.15, -0.1) is 0 Å². The third-order valence-corrected chi connectivity index (χ3v) is 13.8. The molecule has 1 aliphatic carbocycles. The maximum Gasteiger partial charge on any atom is 0.252 e. The minimum atomic E-state index is -0.000762. The Balaban J connectivity index is 1.15. The highest BCUT2D eigenvalue weighted by molar-refractivity contribution is 7.00. The molecule has 2 unspecified atom stereocenters. The van der Waals surface area contributed by atoms with Crippen molar-refractivity contribution in [3.8, 4) is 0 Å². The molecular formula is C50H40BN3O. The van der Waals surface area contributed by atoms with Gasteiger partial charge in [0.15, 0.2) is 0 Å². The van der Waals surface area contributed by atoms with Gasteiger partial charge >= 0.3 is 0 Å². The molecule has 264 valence electrons. The van der Waals surface area contributed by atoms with Crippen LogP contribution in [0.4, 0.5) is 45.5 Å². The summed E-state index contributed by atoms with van der Waals surface area (Å²) in [4.78, 5) is 7.71. The van der Waals surface area contributed by atoms with Crippen molar-refractivity contribution in [2.75, 3.05) is 14.7 Å². The first kappa shape index (κ1) is 31.2. The van der Waals surface area contributed by atoms with E-state index in [0.29, 0.717) is 0 Å². The average molecular weight is 710 g/mol. The number of hydrogen-bond acceptors (Lipinski definition) is 4. The van der Waals surface area contributed by atoms with E-state index in [4.69, 9.17) is 4.42 Å². The molecule has 0 N–H and O–H groups in total. The van der Waals surface area contributed by atoms with Crippen LogP contribution in [0.15, 0.2) is 162 Å². The quantitative estimate of drug-likeness (QED) is 0.170. The molecule has 0 amide bonds. The lowest BCUT2D eigenvalue weighted by molar-refractivity contribution is 0.195. The fourth-order valence-electron chi connectivity index (χ4n) is 11.1. The summed E-state index contributed by atoms with van der Waals surface area (Å²) in [5.74, 6) is 0. The van der Waals surface area contributed by atoms with Crippen molar-refractivity contribution in [2.45, 2.75) is 50.5 Å².